The second-order valence-corrected chi connectivity index (χ2v) is 5.12. The lowest BCUT2D eigenvalue weighted by Gasteiger charge is -2.03. The zero-order valence-electron chi connectivity index (χ0n) is 11.4. The Morgan fingerprint density at radius 3 is 2.85 bits per heavy atom. The molecule has 0 bridgehead atoms. The van der Waals surface area contributed by atoms with Crippen molar-refractivity contribution in [1.29, 1.82) is 0 Å². The Bertz CT molecular complexity index is 560. The van der Waals surface area contributed by atoms with Gasteiger partial charge >= 0.3 is 0 Å². The van der Waals surface area contributed by atoms with Crippen LogP contribution in [-0.2, 0) is 11.3 Å². The molecule has 0 unspecified atom stereocenters. The average molecular weight is 295 g/mol. The number of nitrogens with zero attached hydrogens (tertiary/aromatic N) is 2. The van der Waals surface area contributed by atoms with Gasteiger partial charge in [-0.25, -0.2) is 0 Å². The smallest absolute Gasteiger partial charge is 0.160 e. The van der Waals surface area contributed by atoms with E-state index in [4.69, 9.17) is 9.47 Å². The van der Waals surface area contributed by atoms with Gasteiger partial charge in [-0.15, -0.1) is 10.2 Å². The zero-order valence-corrected chi connectivity index (χ0v) is 12.2. The van der Waals surface area contributed by atoms with E-state index in [2.05, 4.69) is 15.5 Å². The standard InChI is InChI=1S/C13H17N3O3S/c1-18-6-5-14-8-12-15-16-13(20-12)9-3-4-11(19-2)10(17)7-9/h3-4,7,14,17H,5-6,8H2,1-2H3. The number of methoxy groups -OCH3 is 2. The zero-order chi connectivity index (χ0) is 14.4. The summed E-state index contributed by atoms with van der Waals surface area (Å²) in [5.74, 6) is 0.541. The van der Waals surface area contributed by atoms with Crippen LogP contribution in [0.1, 0.15) is 5.01 Å². The number of rotatable bonds is 7. The molecule has 0 amide bonds. The van der Waals surface area contributed by atoms with Crippen LogP contribution in [0.3, 0.4) is 0 Å². The van der Waals surface area contributed by atoms with E-state index in [1.54, 1.807) is 19.2 Å². The molecule has 2 aromatic rings. The molecule has 108 valence electrons. The summed E-state index contributed by atoms with van der Waals surface area (Å²) in [4.78, 5) is 0. The Morgan fingerprint density at radius 1 is 1.30 bits per heavy atom. The number of hydrogen-bond donors (Lipinski definition) is 2. The average Bonchev–Trinajstić information content (AvgIpc) is 2.92. The van der Waals surface area contributed by atoms with E-state index in [9.17, 15) is 5.11 Å². The fraction of sp³-hybridized carbons (Fsp3) is 0.385. The van der Waals surface area contributed by atoms with Gasteiger partial charge in [0.15, 0.2) is 11.5 Å². The molecule has 0 aliphatic rings. The second-order valence-electron chi connectivity index (χ2n) is 4.06. The van der Waals surface area contributed by atoms with Crippen molar-refractivity contribution in [3.63, 3.8) is 0 Å². The lowest BCUT2D eigenvalue weighted by atomic mass is 10.2. The molecule has 1 heterocycles. The van der Waals surface area contributed by atoms with Crippen LogP contribution >= 0.6 is 11.3 Å². The second kappa shape index (κ2) is 7.18. The Hall–Kier alpha value is -1.70. The summed E-state index contributed by atoms with van der Waals surface area (Å²) >= 11 is 1.49. The Balaban J connectivity index is 2.03. The largest absolute Gasteiger partial charge is 0.504 e. The van der Waals surface area contributed by atoms with Gasteiger partial charge in [-0.3, -0.25) is 0 Å². The molecule has 0 spiro atoms. The van der Waals surface area contributed by atoms with Gasteiger partial charge in [0.1, 0.15) is 10.0 Å². The first-order valence-electron chi connectivity index (χ1n) is 6.14. The highest BCUT2D eigenvalue weighted by atomic mass is 32.1. The van der Waals surface area contributed by atoms with E-state index in [0.29, 0.717) is 18.9 Å². The molecule has 0 saturated heterocycles. The van der Waals surface area contributed by atoms with Gasteiger partial charge in [0.05, 0.1) is 13.7 Å². The number of benzene rings is 1. The molecule has 1 aromatic heterocycles. The molecule has 0 atom stereocenters. The van der Waals surface area contributed by atoms with Crippen molar-refractivity contribution in [2.75, 3.05) is 27.4 Å². The Morgan fingerprint density at radius 2 is 2.15 bits per heavy atom. The number of phenols is 1. The molecule has 2 rings (SSSR count). The van der Waals surface area contributed by atoms with Gasteiger partial charge < -0.3 is 19.9 Å². The van der Waals surface area contributed by atoms with Crippen LogP contribution in [0.25, 0.3) is 10.6 Å². The normalized spacial score (nSPS) is 10.7. The van der Waals surface area contributed by atoms with Gasteiger partial charge in [0.25, 0.3) is 0 Å². The van der Waals surface area contributed by atoms with Crippen molar-refractivity contribution in [2.24, 2.45) is 0 Å². The van der Waals surface area contributed by atoms with Gasteiger partial charge in [-0.1, -0.05) is 11.3 Å². The molecule has 0 aliphatic carbocycles. The van der Waals surface area contributed by atoms with Gasteiger partial charge in [-0.2, -0.15) is 0 Å². The molecule has 1 aromatic carbocycles. The quantitative estimate of drug-likeness (QED) is 0.757. The minimum atomic E-state index is 0.0972. The topological polar surface area (TPSA) is 76.5 Å². The minimum Gasteiger partial charge on any atom is -0.504 e. The van der Waals surface area contributed by atoms with E-state index in [-0.39, 0.29) is 5.75 Å². The van der Waals surface area contributed by atoms with Crippen LogP contribution in [0.2, 0.25) is 0 Å². The van der Waals surface area contributed by atoms with Crippen molar-refractivity contribution < 1.29 is 14.6 Å². The fourth-order valence-electron chi connectivity index (χ4n) is 1.63. The number of ether oxygens (including phenoxy) is 2. The van der Waals surface area contributed by atoms with Crippen LogP contribution in [-0.4, -0.2) is 42.7 Å². The van der Waals surface area contributed by atoms with E-state index in [1.807, 2.05) is 6.07 Å². The highest BCUT2D eigenvalue weighted by Gasteiger charge is 2.09. The Labute approximate surface area is 121 Å². The van der Waals surface area contributed by atoms with E-state index in [0.717, 1.165) is 22.1 Å². The summed E-state index contributed by atoms with van der Waals surface area (Å²) in [5, 5.41) is 22.9. The molecule has 0 fully saturated rings. The number of phenolic OH excluding ortho intramolecular Hbond substituents is 1. The monoisotopic (exact) mass is 295 g/mol. The van der Waals surface area contributed by atoms with Crippen molar-refractivity contribution >= 4 is 11.3 Å². The van der Waals surface area contributed by atoms with Crippen molar-refractivity contribution in [3.8, 4) is 22.1 Å². The third kappa shape index (κ3) is 3.66. The number of hydrogen-bond acceptors (Lipinski definition) is 7. The molecule has 20 heavy (non-hydrogen) atoms. The number of nitrogens with one attached hydrogen (secondary N) is 1. The van der Waals surface area contributed by atoms with Crippen molar-refractivity contribution in [1.82, 2.24) is 15.5 Å². The molecular formula is C13H17N3O3S. The van der Waals surface area contributed by atoms with Crippen LogP contribution < -0.4 is 10.1 Å². The molecule has 0 aliphatic heterocycles. The first kappa shape index (κ1) is 14.7. The molecule has 7 heteroatoms. The maximum atomic E-state index is 9.77. The summed E-state index contributed by atoms with van der Waals surface area (Å²) in [6.45, 7) is 2.09. The molecule has 2 N–H and O–H groups in total. The predicted octanol–water partition coefficient (Wildman–Crippen LogP) is 1.66. The Kier molecular flexibility index (Phi) is 5.28. The van der Waals surface area contributed by atoms with Crippen LogP contribution in [0.15, 0.2) is 18.2 Å². The summed E-state index contributed by atoms with van der Waals surface area (Å²) in [6, 6.07) is 5.19. The summed E-state index contributed by atoms with van der Waals surface area (Å²) in [7, 11) is 3.18. The first-order chi connectivity index (χ1) is 9.74. The summed E-state index contributed by atoms with van der Waals surface area (Å²) < 4.78 is 9.97. The highest BCUT2D eigenvalue weighted by molar-refractivity contribution is 7.14. The summed E-state index contributed by atoms with van der Waals surface area (Å²) in [5.41, 5.74) is 0.823. The lowest BCUT2D eigenvalue weighted by molar-refractivity contribution is 0.199. The number of aromatic hydroxyl groups is 1. The maximum absolute atomic E-state index is 9.77. The first-order valence-corrected chi connectivity index (χ1v) is 6.95. The SMILES string of the molecule is COCCNCc1nnc(-c2ccc(OC)c(O)c2)s1. The third-order valence-corrected chi connectivity index (χ3v) is 3.62. The molecule has 0 radical (unpaired) electrons. The van der Waals surface area contributed by atoms with Crippen LogP contribution in [0.5, 0.6) is 11.5 Å². The van der Waals surface area contributed by atoms with Crippen LogP contribution in [0, 0.1) is 0 Å². The van der Waals surface area contributed by atoms with Gasteiger partial charge in [0.2, 0.25) is 0 Å². The lowest BCUT2D eigenvalue weighted by Crippen LogP contribution is -2.18. The number of aromatic nitrogens is 2. The summed E-state index contributed by atoms with van der Waals surface area (Å²) in [6.07, 6.45) is 0. The van der Waals surface area contributed by atoms with Crippen molar-refractivity contribution in [3.05, 3.63) is 23.2 Å². The highest BCUT2D eigenvalue weighted by Crippen LogP contribution is 2.32. The third-order valence-electron chi connectivity index (χ3n) is 2.65. The molecular weight excluding hydrogens is 278 g/mol. The fourth-order valence-corrected chi connectivity index (χ4v) is 2.44. The van der Waals surface area contributed by atoms with Crippen molar-refractivity contribution in [2.45, 2.75) is 6.54 Å². The predicted molar refractivity (Wildman–Crippen MR) is 77.1 cm³/mol. The minimum absolute atomic E-state index is 0.0972. The van der Waals surface area contributed by atoms with Crippen LogP contribution in [0.4, 0.5) is 0 Å². The maximum Gasteiger partial charge on any atom is 0.160 e. The molecule has 0 saturated carbocycles. The van der Waals surface area contributed by atoms with E-state index < -0.39 is 0 Å². The van der Waals surface area contributed by atoms with E-state index >= 15 is 0 Å². The van der Waals surface area contributed by atoms with E-state index in [1.165, 1.54) is 18.4 Å². The molecule has 6 nitrogen and oxygen atoms in total. The van der Waals surface area contributed by atoms with Gasteiger partial charge in [-0.05, 0) is 18.2 Å². The van der Waals surface area contributed by atoms with Gasteiger partial charge in [0, 0.05) is 25.8 Å².